The standard InChI is InChI=1S/C8H16O3/c1-6(2)7(8(9)10)4-5-11-3/h6-7H,4-5H2,1-3H3,(H,9,10). The molecule has 11 heavy (non-hydrogen) atoms. The Morgan fingerprint density at radius 1 is 1.55 bits per heavy atom. The normalized spacial score (nSPS) is 13.5. The summed E-state index contributed by atoms with van der Waals surface area (Å²) in [5.41, 5.74) is 0. The minimum atomic E-state index is -0.725. The van der Waals surface area contributed by atoms with E-state index in [0.717, 1.165) is 0 Å². The van der Waals surface area contributed by atoms with Crippen LogP contribution in [0.25, 0.3) is 0 Å². The molecular weight excluding hydrogens is 144 g/mol. The predicted molar refractivity (Wildman–Crippen MR) is 42.5 cm³/mol. The van der Waals surface area contributed by atoms with E-state index in [1.54, 1.807) is 7.11 Å². The highest BCUT2D eigenvalue weighted by Gasteiger charge is 2.20. The van der Waals surface area contributed by atoms with Crippen molar-refractivity contribution in [3.05, 3.63) is 0 Å². The van der Waals surface area contributed by atoms with E-state index in [1.807, 2.05) is 13.8 Å². The van der Waals surface area contributed by atoms with Crippen molar-refractivity contribution >= 4 is 5.97 Å². The molecule has 1 unspecified atom stereocenters. The van der Waals surface area contributed by atoms with Gasteiger partial charge >= 0.3 is 5.97 Å². The molecule has 0 bridgehead atoms. The maximum Gasteiger partial charge on any atom is 0.306 e. The lowest BCUT2D eigenvalue weighted by molar-refractivity contribution is -0.143. The van der Waals surface area contributed by atoms with Crippen LogP contribution in [0.5, 0.6) is 0 Å². The Morgan fingerprint density at radius 2 is 2.09 bits per heavy atom. The number of hydrogen-bond acceptors (Lipinski definition) is 2. The second kappa shape index (κ2) is 5.13. The summed E-state index contributed by atoms with van der Waals surface area (Å²) in [4.78, 5) is 10.6. The maximum absolute atomic E-state index is 10.6. The first-order valence-corrected chi connectivity index (χ1v) is 3.81. The molecule has 0 spiro atoms. The lowest BCUT2D eigenvalue weighted by atomic mass is 9.93. The van der Waals surface area contributed by atoms with Crippen LogP contribution in [-0.2, 0) is 9.53 Å². The average Bonchev–Trinajstić information content (AvgIpc) is 1.87. The quantitative estimate of drug-likeness (QED) is 0.661. The third-order valence-corrected chi connectivity index (χ3v) is 1.75. The monoisotopic (exact) mass is 160 g/mol. The fourth-order valence-corrected chi connectivity index (χ4v) is 0.987. The number of hydrogen-bond donors (Lipinski definition) is 1. The third-order valence-electron chi connectivity index (χ3n) is 1.75. The zero-order valence-electron chi connectivity index (χ0n) is 7.33. The van der Waals surface area contributed by atoms with Crippen molar-refractivity contribution in [1.29, 1.82) is 0 Å². The van der Waals surface area contributed by atoms with Crippen LogP contribution < -0.4 is 0 Å². The molecule has 3 heteroatoms. The largest absolute Gasteiger partial charge is 0.481 e. The van der Waals surface area contributed by atoms with E-state index in [4.69, 9.17) is 9.84 Å². The number of carboxylic acid groups (broad SMARTS) is 1. The summed E-state index contributed by atoms with van der Waals surface area (Å²) in [5, 5.41) is 8.71. The molecule has 1 atom stereocenters. The Hall–Kier alpha value is -0.570. The summed E-state index contributed by atoms with van der Waals surface area (Å²) in [6.45, 7) is 4.35. The van der Waals surface area contributed by atoms with Crippen molar-refractivity contribution < 1.29 is 14.6 Å². The maximum atomic E-state index is 10.6. The molecule has 0 heterocycles. The van der Waals surface area contributed by atoms with Gasteiger partial charge in [-0.15, -0.1) is 0 Å². The van der Waals surface area contributed by atoms with Gasteiger partial charge in [-0.3, -0.25) is 4.79 Å². The first kappa shape index (κ1) is 10.4. The second-order valence-corrected chi connectivity index (χ2v) is 2.97. The Kier molecular flexibility index (Phi) is 4.86. The number of carbonyl (C=O) groups is 1. The molecule has 0 saturated carbocycles. The van der Waals surface area contributed by atoms with Gasteiger partial charge < -0.3 is 9.84 Å². The summed E-state index contributed by atoms with van der Waals surface area (Å²) in [6.07, 6.45) is 0.601. The molecule has 0 aliphatic carbocycles. The van der Waals surface area contributed by atoms with Gasteiger partial charge in [0.05, 0.1) is 5.92 Å². The number of methoxy groups -OCH3 is 1. The smallest absolute Gasteiger partial charge is 0.306 e. The lowest BCUT2D eigenvalue weighted by Gasteiger charge is -2.14. The molecule has 3 nitrogen and oxygen atoms in total. The van der Waals surface area contributed by atoms with E-state index >= 15 is 0 Å². The van der Waals surface area contributed by atoms with Gasteiger partial charge in [0, 0.05) is 13.7 Å². The molecular formula is C8H16O3. The van der Waals surface area contributed by atoms with Crippen molar-refractivity contribution in [1.82, 2.24) is 0 Å². The van der Waals surface area contributed by atoms with E-state index < -0.39 is 5.97 Å². The van der Waals surface area contributed by atoms with Crippen molar-refractivity contribution in [3.8, 4) is 0 Å². The van der Waals surface area contributed by atoms with Gasteiger partial charge in [0.2, 0.25) is 0 Å². The van der Waals surface area contributed by atoms with E-state index in [1.165, 1.54) is 0 Å². The van der Waals surface area contributed by atoms with Crippen LogP contribution in [0.4, 0.5) is 0 Å². The van der Waals surface area contributed by atoms with Crippen LogP contribution in [0.2, 0.25) is 0 Å². The summed E-state index contributed by atoms with van der Waals surface area (Å²) in [7, 11) is 1.58. The van der Waals surface area contributed by atoms with Gasteiger partial charge in [-0.25, -0.2) is 0 Å². The van der Waals surface area contributed by atoms with Crippen LogP contribution >= 0.6 is 0 Å². The lowest BCUT2D eigenvalue weighted by Crippen LogP contribution is -2.21. The zero-order chi connectivity index (χ0) is 8.85. The molecule has 0 aromatic heterocycles. The van der Waals surface area contributed by atoms with Crippen LogP contribution in [0, 0.1) is 11.8 Å². The van der Waals surface area contributed by atoms with Crippen LogP contribution in [-0.4, -0.2) is 24.8 Å². The molecule has 0 aromatic carbocycles. The molecule has 0 rings (SSSR count). The highest BCUT2D eigenvalue weighted by Crippen LogP contribution is 2.14. The van der Waals surface area contributed by atoms with Gasteiger partial charge in [-0.05, 0) is 12.3 Å². The van der Waals surface area contributed by atoms with Gasteiger partial charge in [-0.2, -0.15) is 0 Å². The van der Waals surface area contributed by atoms with E-state index in [0.29, 0.717) is 13.0 Å². The Balaban J connectivity index is 3.80. The summed E-state index contributed by atoms with van der Waals surface area (Å²) >= 11 is 0. The minimum absolute atomic E-state index is 0.183. The number of aliphatic carboxylic acids is 1. The second-order valence-electron chi connectivity index (χ2n) is 2.97. The fourth-order valence-electron chi connectivity index (χ4n) is 0.987. The third kappa shape index (κ3) is 3.98. The summed E-state index contributed by atoms with van der Waals surface area (Å²) in [5.74, 6) is -0.811. The predicted octanol–water partition coefficient (Wildman–Crippen LogP) is 1.38. The van der Waals surface area contributed by atoms with Gasteiger partial charge in [0.1, 0.15) is 0 Å². The summed E-state index contributed by atoms with van der Waals surface area (Å²) < 4.78 is 4.81. The Bertz CT molecular complexity index is 121. The molecule has 0 aromatic rings. The average molecular weight is 160 g/mol. The van der Waals surface area contributed by atoms with Crippen molar-refractivity contribution in [3.63, 3.8) is 0 Å². The topological polar surface area (TPSA) is 46.5 Å². The molecule has 0 amide bonds. The van der Waals surface area contributed by atoms with Gasteiger partial charge in [0.15, 0.2) is 0 Å². The highest BCUT2D eigenvalue weighted by atomic mass is 16.5. The number of rotatable bonds is 5. The Labute approximate surface area is 67.4 Å². The fraction of sp³-hybridized carbons (Fsp3) is 0.875. The zero-order valence-corrected chi connectivity index (χ0v) is 7.33. The van der Waals surface area contributed by atoms with Gasteiger partial charge in [0.25, 0.3) is 0 Å². The molecule has 0 radical (unpaired) electrons. The SMILES string of the molecule is COCCC(C(=O)O)C(C)C. The van der Waals surface area contributed by atoms with Crippen LogP contribution in [0.3, 0.4) is 0 Å². The van der Waals surface area contributed by atoms with E-state index in [-0.39, 0.29) is 11.8 Å². The first-order valence-electron chi connectivity index (χ1n) is 3.81. The molecule has 0 aliphatic rings. The van der Waals surface area contributed by atoms with Crippen molar-refractivity contribution in [2.75, 3.05) is 13.7 Å². The number of carboxylic acids is 1. The van der Waals surface area contributed by atoms with Crippen molar-refractivity contribution in [2.45, 2.75) is 20.3 Å². The van der Waals surface area contributed by atoms with E-state index in [9.17, 15) is 4.79 Å². The molecule has 0 fully saturated rings. The summed E-state index contributed by atoms with van der Waals surface area (Å²) in [6, 6.07) is 0. The molecule has 1 N–H and O–H groups in total. The minimum Gasteiger partial charge on any atom is -0.481 e. The van der Waals surface area contributed by atoms with Gasteiger partial charge in [-0.1, -0.05) is 13.8 Å². The molecule has 0 aliphatic heterocycles. The van der Waals surface area contributed by atoms with Crippen LogP contribution in [0.15, 0.2) is 0 Å². The van der Waals surface area contributed by atoms with Crippen molar-refractivity contribution in [2.24, 2.45) is 11.8 Å². The molecule has 66 valence electrons. The van der Waals surface area contributed by atoms with E-state index in [2.05, 4.69) is 0 Å². The first-order chi connectivity index (χ1) is 5.09. The molecule has 0 saturated heterocycles. The highest BCUT2D eigenvalue weighted by molar-refractivity contribution is 5.70. The Morgan fingerprint density at radius 3 is 2.36 bits per heavy atom. The number of ether oxygens (including phenoxy) is 1. The van der Waals surface area contributed by atoms with Crippen LogP contribution in [0.1, 0.15) is 20.3 Å².